The smallest absolute Gasteiger partial charge is 0.249 e. The van der Waals surface area contributed by atoms with Crippen LogP contribution in [-0.4, -0.2) is 57.3 Å². The second kappa shape index (κ2) is 53.2. The summed E-state index contributed by atoms with van der Waals surface area (Å²) in [6.07, 6.45) is 67.5. The summed E-state index contributed by atoms with van der Waals surface area (Å²) in [5.74, 6) is -0.598. The molecule has 6 nitrogen and oxygen atoms in total. The summed E-state index contributed by atoms with van der Waals surface area (Å²) in [5, 5.41) is 43.9. The van der Waals surface area contributed by atoms with Crippen LogP contribution in [0.25, 0.3) is 0 Å². The molecule has 1 amide bonds. The Morgan fingerprint density at radius 1 is 0.369 bits per heavy atom. The molecular weight excluding hydrogens is 803 g/mol. The van der Waals surface area contributed by atoms with E-state index in [1.165, 1.54) is 205 Å². The Bertz CT molecular complexity index is 1070. The summed E-state index contributed by atoms with van der Waals surface area (Å²) in [7, 11) is 0. The van der Waals surface area contributed by atoms with E-state index < -0.39 is 36.9 Å². The van der Waals surface area contributed by atoms with Gasteiger partial charge >= 0.3 is 0 Å². The van der Waals surface area contributed by atoms with Gasteiger partial charge in [-0.05, 0) is 89.9 Å². The molecule has 0 saturated carbocycles. The zero-order valence-corrected chi connectivity index (χ0v) is 43.2. The predicted octanol–water partition coefficient (Wildman–Crippen LogP) is 16.6. The lowest BCUT2D eigenvalue weighted by Crippen LogP contribution is -2.53. The maximum absolute atomic E-state index is 12.6. The van der Waals surface area contributed by atoms with Crippen LogP contribution in [0.5, 0.6) is 0 Å². The van der Waals surface area contributed by atoms with Crippen LogP contribution in [0.15, 0.2) is 48.6 Å². The first kappa shape index (κ1) is 63.3. The molecule has 0 saturated heterocycles. The van der Waals surface area contributed by atoms with Gasteiger partial charge in [0.25, 0.3) is 0 Å². The van der Waals surface area contributed by atoms with Crippen LogP contribution < -0.4 is 5.32 Å². The zero-order chi connectivity index (χ0) is 47.4. The molecule has 0 aliphatic heterocycles. The normalized spacial score (nSPS) is 14.1. The predicted molar refractivity (Wildman–Crippen MR) is 283 cm³/mol. The zero-order valence-electron chi connectivity index (χ0n) is 43.2. The topological polar surface area (TPSA) is 110 Å². The number of rotatable bonds is 52. The van der Waals surface area contributed by atoms with E-state index in [0.717, 1.165) is 51.4 Å². The van der Waals surface area contributed by atoms with Gasteiger partial charge in [0.15, 0.2) is 0 Å². The van der Waals surface area contributed by atoms with Crippen molar-refractivity contribution in [3.63, 3.8) is 0 Å². The lowest BCUT2D eigenvalue weighted by Gasteiger charge is -2.27. The van der Waals surface area contributed by atoms with E-state index in [2.05, 4.69) is 67.8 Å². The van der Waals surface area contributed by atoms with Gasteiger partial charge in [-0.15, -0.1) is 0 Å². The van der Waals surface area contributed by atoms with Crippen molar-refractivity contribution in [1.29, 1.82) is 0 Å². The Hall–Kier alpha value is -1.73. The number of hydrogen-bond donors (Lipinski definition) is 5. The standard InChI is InChI=1S/C59H111NO5/c1-3-5-7-9-11-13-15-17-19-21-23-25-26-27-28-29-30-31-33-35-37-39-41-43-45-47-49-51-53-57(63)59(65)60-55(54-61)58(64)56(62)52-50-48-46-44-42-40-38-36-34-32-24-22-20-18-16-14-12-10-8-6-4-2/h22,24,27-28,36,38,44,46,55-58,61-64H,3-21,23,25-26,29-35,37,39-43,45,47-54H2,1-2H3,(H,60,65)/b24-22+,28-27-,38-36+,46-44+. The minimum atomic E-state index is -1.30. The van der Waals surface area contributed by atoms with Crippen molar-refractivity contribution in [2.75, 3.05) is 6.61 Å². The molecule has 5 N–H and O–H groups in total. The van der Waals surface area contributed by atoms with Crippen molar-refractivity contribution in [2.45, 2.75) is 314 Å². The van der Waals surface area contributed by atoms with E-state index in [-0.39, 0.29) is 0 Å². The lowest BCUT2D eigenvalue weighted by molar-refractivity contribution is -0.132. The highest BCUT2D eigenvalue weighted by molar-refractivity contribution is 5.80. The van der Waals surface area contributed by atoms with E-state index >= 15 is 0 Å². The Morgan fingerprint density at radius 3 is 0.969 bits per heavy atom. The second-order valence-electron chi connectivity index (χ2n) is 19.6. The fourth-order valence-corrected chi connectivity index (χ4v) is 8.73. The van der Waals surface area contributed by atoms with Gasteiger partial charge in [0.2, 0.25) is 5.91 Å². The molecule has 0 radical (unpaired) electrons. The van der Waals surface area contributed by atoms with Gasteiger partial charge in [-0.3, -0.25) is 4.79 Å². The highest BCUT2D eigenvalue weighted by atomic mass is 16.3. The number of allylic oxidation sites excluding steroid dienone is 8. The number of aliphatic hydroxyl groups excluding tert-OH is 4. The minimum Gasteiger partial charge on any atom is -0.394 e. The number of carbonyl (C=O) groups is 1. The van der Waals surface area contributed by atoms with Crippen LogP contribution in [0.3, 0.4) is 0 Å². The Morgan fingerprint density at radius 2 is 0.646 bits per heavy atom. The van der Waals surface area contributed by atoms with E-state index in [4.69, 9.17) is 0 Å². The van der Waals surface area contributed by atoms with Crippen LogP contribution in [0, 0.1) is 0 Å². The average Bonchev–Trinajstić information content (AvgIpc) is 3.31. The average molecular weight is 915 g/mol. The molecule has 0 aromatic carbocycles. The van der Waals surface area contributed by atoms with Crippen molar-refractivity contribution in [3.8, 4) is 0 Å². The first-order valence-corrected chi connectivity index (χ1v) is 28.5. The molecule has 0 fully saturated rings. The fourth-order valence-electron chi connectivity index (χ4n) is 8.73. The van der Waals surface area contributed by atoms with E-state index in [1.54, 1.807) is 0 Å². The first-order valence-electron chi connectivity index (χ1n) is 28.5. The number of hydrogen-bond acceptors (Lipinski definition) is 5. The van der Waals surface area contributed by atoms with E-state index in [1.807, 2.05) is 0 Å². The summed E-state index contributed by atoms with van der Waals surface area (Å²) in [5.41, 5.74) is 0. The molecule has 0 aromatic rings. The SMILES string of the molecule is CCCCCCCCCC/C=C/CC/C=C/CC/C=C/CCCC(O)C(O)C(CO)NC(=O)C(O)CCCCCCCCCCCCCC/C=C\CCCCCCCCCCCCCC. The lowest BCUT2D eigenvalue weighted by atomic mass is 10.00. The molecule has 6 heteroatoms. The summed E-state index contributed by atoms with van der Waals surface area (Å²) < 4.78 is 0. The third-order valence-corrected chi connectivity index (χ3v) is 13.2. The number of carbonyl (C=O) groups excluding carboxylic acids is 1. The molecule has 0 aliphatic rings. The minimum absolute atomic E-state index is 0.358. The molecule has 0 heterocycles. The highest BCUT2D eigenvalue weighted by Crippen LogP contribution is 2.17. The van der Waals surface area contributed by atoms with Gasteiger partial charge in [-0.25, -0.2) is 0 Å². The summed E-state index contributed by atoms with van der Waals surface area (Å²) in [6, 6.07) is -1.01. The van der Waals surface area contributed by atoms with E-state index in [0.29, 0.717) is 19.3 Å². The molecule has 4 unspecified atom stereocenters. The van der Waals surface area contributed by atoms with Crippen LogP contribution >= 0.6 is 0 Å². The largest absolute Gasteiger partial charge is 0.394 e. The van der Waals surface area contributed by atoms with Crippen molar-refractivity contribution in [3.05, 3.63) is 48.6 Å². The molecular formula is C59H111NO5. The van der Waals surface area contributed by atoms with Crippen LogP contribution in [0.2, 0.25) is 0 Å². The highest BCUT2D eigenvalue weighted by Gasteiger charge is 2.28. The van der Waals surface area contributed by atoms with Crippen molar-refractivity contribution in [1.82, 2.24) is 5.32 Å². The number of aliphatic hydroxyl groups is 4. The number of nitrogens with one attached hydrogen (secondary N) is 1. The molecule has 0 aliphatic carbocycles. The quantitative estimate of drug-likeness (QED) is 0.0308. The molecule has 65 heavy (non-hydrogen) atoms. The first-order chi connectivity index (χ1) is 32.0. The van der Waals surface area contributed by atoms with Crippen LogP contribution in [-0.2, 0) is 4.79 Å². The molecule has 0 rings (SSSR count). The van der Waals surface area contributed by atoms with Crippen molar-refractivity contribution >= 4 is 5.91 Å². The molecule has 382 valence electrons. The summed E-state index contributed by atoms with van der Waals surface area (Å²) >= 11 is 0. The van der Waals surface area contributed by atoms with Crippen molar-refractivity contribution < 1.29 is 25.2 Å². The monoisotopic (exact) mass is 914 g/mol. The molecule has 4 atom stereocenters. The third-order valence-electron chi connectivity index (χ3n) is 13.2. The maximum atomic E-state index is 12.6. The van der Waals surface area contributed by atoms with E-state index in [9.17, 15) is 25.2 Å². The maximum Gasteiger partial charge on any atom is 0.249 e. The Labute approximate surface area is 404 Å². The molecule has 0 bridgehead atoms. The van der Waals surface area contributed by atoms with Gasteiger partial charge in [-0.2, -0.15) is 0 Å². The summed E-state index contributed by atoms with van der Waals surface area (Å²) in [4.78, 5) is 12.6. The third kappa shape index (κ3) is 47.1. The van der Waals surface area contributed by atoms with Crippen LogP contribution in [0.1, 0.15) is 290 Å². The van der Waals surface area contributed by atoms with Gasteiger partial charge in [0.1, 0.15) is 12.2 Å². The second-order valence-corrected chi connectivity index (χ2v) is 19.6. The number of unbranched alkanes of at least 4 members (excludes halogenated alkanes) is 35. The summed E-state index contributed by atoms with van der Waals surface area (Å²) in [6.45, 7) is 4.06. The molecule has 0 spiro atoms. The van der Waals surface area contributed by atoms with Crippen molar-refractivity contribution in [2.24, 2.45) is 0 Å². The molecule has 0 aromatic heterocycles. The Balaban J connectivity index is 3.69. The van der Waals surface area contributed by atoms with Gasteiger partial charge in [0.05, 0.1) is 18.8 Å². The van der Waals surface area contributed by atoms with Gasteiger partial charge in [0, 0.05) is 0 Å². The van der Waals surface area contributed by atoms with Gasteiger partial charge < -0.3 is 25.7 Å². The van der Waals surface area contributed by atoms with Crippen LogP contribution in [0.4, 0.5) is 0 Å². The number of amides is 1. The van der Waals surface area contributed by atoms with Gasteiger partial charge in [-0.1, -0.05) is 249 Å². The Kier molecular flexibility index (Phi) is 51.8. The fraction of sp³-hybridized carbons (Fsp3) is 0.847.